The number of pyridine rings is 1. The molecule has 2 heterocycles. The molecule has 8 nitrogen and oxygen atoms in total. The number of nitrogens with one attached hydrogen (secondary N) is 2. The number of aromatic nitrogens is 1. The standard InChI is InChI=1S/C25H25F2N5O3/c1-31-6-8-32(9-7-31)23-5-2-16(14-28-23)15-29-25(35)21-4-3-20(13-22(21)33)30-24(34)17-10-18(26)12-19(27)11-17/h2-5,10-14,33H,6-9,15H2,1H3,(H,29,35)(H,30,34). The lowest BCUT2D eigenvalue weighted by atomic mass is 10.1. The smallest absolute Gasteiger partial charge is 0.255 e. The zero-order valence-corrected chi connectivity index (χ0v) is 19.1. The highest BCUT2D eigenvalue weighted by atomic mass is 19.1. The molecule has 1 aromatic heterocycles. The van der Waals surface area contributed by atoms with Crippen LogP contribution in [0, 0.1) is 11.6 Å². The van der Waals surface area contributed by atoms with Gasteiger partial charge in [0.05, 0.1) is 5.56 Å². The molecule has 4 rings (SSSR count). The van der Waals surface area contributed by atoms with Crippen molar-refractivity contribution >= 4 is 23.3 Å². The van der Waals surface area contributed by atoms with Gasteiger partial charge in [0.1, 0.15) is 23.2 Å². The van der Waals surface area contributed by atoms with Crippen LogP contribution in [0.15, 0.2) is 54.7 Å². The third-order valence-corrected chi connectivity index (χ3v) is 5.71. The summed E-state index contributed by atoms with van der Waals surface area (Å²) < 4.78 is 26.7. The van der Waals surface area contributed by atoms with Crippen LogP contribution in [0.25, 0.3) is 0 Å². The predicted molar refractivity (Wildman–Crippen MR) is 128 cm³/mol. The van der Waals surface area contributed by atoms with Crippen LogP contribution < -0.4 is 15.5 Å². The molecule has 0 saturated carbocycles. The van der Waals surface area contributed by atoms with E-state index in [0.29, 0.717) is 6.07 Å². The Morgan fingerprint density at radius 1 is 0.971 bits per heavy atom. The minimum Gasteiger partial charge on any atom is -0.507 e. The number of phenols is 1. The number of piperazine rings is 1. The lowest BCUT2D eigenvalue weighted by Gasteiger charge is -2.33. The summed E-state index contributed by atoms with van der Waals surface area (Å²) in [6.07, 6.45) is 1.71. The predicted octanol–water partition coefficient (Wildman–Crippen LogP) is 3.00. The number of carbonyl (C=O) groups excluding carboxylic acids is 2. The highest BCUT2D eigenvalue weighted by molar-refractivity contribution is 6.05. The number of anilines is 2. The largest absolute Gasteiger partial charge is 0.507 e. The molecule has 3 N–H and O–H groups in total. The number of hydrogen-bond donors (Lipinski definition) is 3. The van der Waals surface area contributed by atoms with Crippen molar-refractivity contribution < 1.29 is 23.5 Å². The Morgan fingerprint density at radius 2 is 1.69 bits per heavy atom. The third-order valence-electron chi connectivity index (χ3n) is 5.71. The van der Waals surface area contributed by atoms with E-state index in [1.807, 2.05) is 12.1 Å². The van der Waals surface area contributed by atoms with Gasteiger partial charge < -0.3 is 25.5 Å². The average molecular weight is 482 g/mol. The first-order chi connectivity index (χ1) is 16.8. The quantitative estimate of drug-likeness (QED) is 0.501. The maximum absolute atomic E-state index is 13.3. The van der Waals surface area contributed by atoms with Crippen molar-refractivity contribution in [3.8, 4) is 5.75 Å². The van der Waals surface area contributed by atoms with Crippen LogP contribution in [0.1, 0.15) is 26.3 Å². The maximum Gasteiger partial charge on any atom is 0.255 e. The van der Waals surface area contributed by atoms with Crippen LogP contribution in [0.2, 0.25) is 0 Å². The van der Waals surface area contributed by atoms with Crippen molar-refractivity contribution in [3.63, 3.8) is 0 Å². The van der Waals surface area contributed by atoms with Crippen LogP contribution in [-0.4, -0.2) is 60.0 Å². The monoisotopic (exact) mass is 481 g/mol. The molecule has 1 aliphatic heterocycles. The van der Waals surface area contributed by atoms with Crippen LogP contribution in [0.5, 0.6) is 5.75 Å². The van der Waals surface area contributed by atoms with Gasteiger partial charge in [-0.1, -0.05) is 6.07 Å². The molecule has 2 aromatic carbocycles. The van der Waals surface area contributed by atoms with Gasteiger partial charge in [0.15, 0.2) is 0 Å². The summed E-state index contributed by atoms with van der Waals surface area (Å²) in [6, 6.07) is 10.2. The molecule has 0 spiro atoms. The van der Waals surface area contributed by atoms with Crippen molar-refractivity contribution in [2.75, 3.05) is 43.4 Å². The minimum absolute atomic E-state index is 0.0156. The second-order valence-electron chi connectivity index (χ2n) is 8.34. The van der Waals surface area contributed by atoms with Crippen LogP contribution in [0.4, 0.5) is 20.3 Å². The Labute approximate surface area is 201 Å². The number of aromatic hydroxyl groups is 1. The van der Waals surface area contributed by atoms with E-state index in [1.54, 1.807) is 6.20 Å². The van der Waals surface area contributed by atoms with Gasteiger partial charge in [-0.25, -0.2) is 13.8 Å². The summed E-state index contributed by atoms with van der Waals surface area (Å²) in [6.45, 7) is 4.00. The fraction of sp³-hybridized carbons (Fsp3) is 0.240. The topological polar surface area (TPSA) is 97.8 Å². The van der Waals surface area contributed by atoms with E-state index in [4.69, 9.17) is 0 Å². The van der Waals surface area contributed by atoms with Crippen LogP contribution in [0.3, 0.4) is 0 Å². The number of phenolic OH excluding ortho intramolecular Hbond substituents is 1. The van der Waals surface area contributed by atoms with Crippen molar-refractivity contribution in [1.29, 1.82) is 0 Å². The zero-order chi connectivity index (χ0) is 24.9. The maximum atomic E-state index is 13.3. The van der Waals surface area contributed by atoms with Gasteiger partial charge in [-0.05, 0) is 42.9 Å². The van der Waals surface area contributed by atoms with Crippen LogP contribution in [-0.2, 0) is 6.54 Å². The van der Waals surface area contributed by atoms with Gasteiger partial charge in [0.25, 0.3) is 11.8 Å². The summed E-state index contributed by atoms with van der Waals surface area (Å²) in [7, 11) is 2.09. The average Bonchev–Trinajstić information content (AvgIpc) is 2.83. The van der Waals surface area contributed by atoms with Crippen molar-refractivity contribution in [2.24, 2.45) is 0 Å². The van der Waals surface area contributed by atoms with Crippen molar-refractivity contribution in [2.45, 2.75) is 6.54 Å². The lowest BCUT2D eigenvalue weighted by molar-refractivity contribution is 0.0947. The summed E-state index contributed by atoms with van der Waals surface area (Å²) in [5.74, 6) is -2.48. The second-order valence-corrected chi connectivity index (χ2v) is 8.34. The molecule has 10 heteroatoms. The molecular weight excluding hydrogens is 456 g/mol. The number of hydrogen-bond acceptors (Lipinski definition) is 6. The Hall–Kier alpha value is -4.05. The first kappa shape index (κ1) is 24.1. The normalized spacial score (nSPS) is 14.0. The van der Waals surface area contributed by atoms with Crippen LogP contribution >= 0.6 is 0 Å². The molecule has 1 fully saturated rings. The molecule has 2 amide bonds. The van der Waals surface area contributed by atoms with Crippen molar-refractivity contribution in [1.82, 2.24) is 15.2 Å². The van der Waals surface area contributed by atoms with E-state index in [-0.39, 0.29) is 29.1 Å². The molecule has 0 unspecified atom stereocenters. The molecule has 0 radical (unpaired) electrons. The Balaban J connectivity index is 1.33. The molecule has 182 valence electrons. The molecule has 1 aliphatic rings. The van der Waals surface area contributed by atoms with Crippen molar-refractivity contribution in [3.05, 3.63) is 83.1 Å². The van der Waals surface area contributed by atoms with E-state index in [9.17, 15) is 23.5 Å². The summed E-state index contributed by atoms with van der Waals surface area (Å²) in [5.41, 5.74) is 0.775. The molecule has 0 bridgehead atoms. The number of nitrogens with zero attached hydrogens (tertiary/aromatic N) is 3. The van der Waals surface area contributed by atoms with Gasteiger partial charge >= 0.3 is 0 Å². The number of benzene rings is 2. The van der Waals surface area contributed by atoms with Gasteiger partial charge in [0, 0.05) is 62.3 Å². The van der Waals surface area contributed by atoms with E-state index >= 15 is 0 Å². The highest BCUT2D eigenvalue weighted by Gasteiger charge is 2.16. The van der Waals surface area contributed by atoms with E-state index in [0.717, 1.165) is 49.7 Å². The molecule has 0 atom stereocenters. The molecular formula is C25H25F2N5O3. The number of carbonyl (C=O) groups is 2. The first-order valence-electron chi connectivity index (χ1n) is 11.1. The molecule has 0 aliphatic carbocycles. The third kappa shape index (κ3) is 6.10. The Kier molecular flexibility index (Phi) is 7.21. The van der Waals surface area contributed by atoms with E-state index < -0.39 is 23.4 Å². The minimum atomic E-state index is -0.880. The Morgan fingerprint density at radius 3 is 2.31 bits per heavy atom. The number of likely N-dealkylation sites (N-methyl/N-ethyl adjacent to an activating group) is 1. The highest BCUT2D eigenvalue weighted by Crippen LogP contribution is 2.23. The van der Waals surface area contributed by atoms with Gasteiger partial charge in [-0.2, -0.15) is 0 Å². The molecule has 1 saturated heterocycles. The number of halogens is 2. The summed E-state index contributed by atoms with van der Waals surface area (Å²) >= 11 is 0. The summed E-state index contributed by atoms with van der Waals surface area (Å²) in [5, 5.41) is 15.4. The van der Waals surface area contributed by atoms with Gasteiger partial charge in [-0.3, -0.25) is 9.59 Å². The SMILES string of the molecule is CN1CCN(c2ccc(CNC(=O)c3ccc(NC(=O)c4cc(F)cc(F)c4)cc3O)cn2)CC1. The van der Waals surface area contributed by atoms with E-state index in [1.165, 1.54) is 18.2 Å². The van der Waals surface area contributed by atoms with E-state index in [2.05, 4.69) is 32.5 Å². The first-order valence-corrected chi connectivity index (χ1v) is 11.1. The number of rotatable bonds is 6. The fourth-order valence-corrected chi connectivity index (χ4v) is 3.71. The molecule has 3 aromatic rings. The zero-order valence-electron chi connectivity index (χ0n) is 19.1. The fourth-order valence-electron chi connectivity index (χ4n) is 3.71. The lowest BCUT2D eigenvalue weighted by Crippen LogP contribution is -2.44. The van der Waals surface area contributed by atoms with Gasteiger partial charge in [0.2, 0.25) is 0 Å². The Bertz CT molecular complexity index is 1210. The van der Waals surface area contributed by atoms with Gasteiger partial charge in [-0.15, -0.1) is 0 Å². The summed E-state index contributed by atoms with van der Waals surface area (Å²) in [4.78, 5) is 33.7. The second kappa shape index (κ2) is 10.5. The molecule has 35 heavy (non-hydrogen) atoms. The number of amides is 2.